The fourth-order valence-electron chi connectivity index (χ4n) is 2.36. The topological polar surface area (TPSA) is 55.1 Å². The second-order valence-electron chi connectivity index (χ2n) is 4.81. The molecule has 5 heteroatoms. The maximum atomic E-state index is 5.17. The van der Waals surface area contributed by atoms with Crippen molar-refractivity contribution in [2.45, 2.75) is 26.7 Å². The molecule has 0 saturated carbocycles. The third-order valence-electron chi connectivity index (χ3n) is 3.51. The van der Waals surface area contributed by atoms with Gasteiger partial charge < -0.3 is 9.42 Å². The van der Waals surface area contributed by atoms with Crippen molar-refractivity contribution in [3.63, 3.8) is 0 Å². The van der Waals surface area contributed by atoms with Gasteiger partial charge in [0.15, 0.2) is 0 Å². The largest absolute Gasteiger partial charge is 0.356 e. The van der Waals surface area contributed by atoms with Crippen LogP contribution in [-0.2, 0) is 0 Å². The Bertz CT molecular complexity index is 528. The Balaban J connectivity index is 2.02. The Morgan fingerprint density at radius 3 is 2.82 bits per heavy atom. The summed E-state index contributed by atoms with van der Waals surface area (Å²) in [5, 5.41) is 4.92. The van der Waals surface area contributed by atoms with E-state index in [0.29, 0.717) is 5.71 Å². The van der Waals surface area contributed by atoms with Crippen molar-refractivity contribution in [1.29, 1.82) is 0 Å². The van der Waals surface area contributed by atoms with E-state index in [1.54, 1.807) is 6.33 Å². The first-order valence-electron chi connectivity index (χ1n) is 6.07. The van der Waals surface area contributed by atoms with Crippen LogP contribution in [0.15, 0.2) is 10.9 Å². The first-order chi connectivity index (χ1) is 8.25. The lowest BCUT2D eigenvalue weighted by molar-refractivity contribution is 0.436. The molecule has 0 atom stereocenters. The van der Waals surface area contributed by atoms with E-state index >= 15 is 0 Å². The highest BCUT2D eigenvalue weighted by atomic mass is 16.5. The lowest BCUT2D eigenvalue weighted by Crippen LogP contribution is -2.33. The van der Waals surface area contributed by atoms with Gasteiger partial charge in [0, 0.05) is 13.1 Å². The van der Waals surface area contributed by atoms with Gasteiger partial charge in [0.25, 0.3) is 5.71 Å². The minimum absolute atomic E-state index is 0.589. The van der Waals surface area contributed by atoms with E-state index in [0.717, 1.165) is 35.9 Å². The molecular formula is C12H16N4O. The van der Waals surface area contributed by atoms with Crippen LogP contribution >= 0.6 is 0 Å². The molecule has 0 unspecified atom stereocenters. The molecule has 2 aromatic rings. The molecule has 1 aliphatic heterocycles. The first-order valence-corrected chi connectivity index (χ1v) is 6.07. The Labute approximate surface area is 99.8 Å². The standard InChI is InChI=1S/C12H16N4O/c1-8-3-5-16(6-4-8)11-10-9(2)15-17-12(10)14-7-13-11/h7-8H,3-6H2,1-2H3. The van der Waals surface area contributed by atoms with Gasteiger partial charge in [-0.3, -0.25) is 0 Å². The van der Waals surface area contributed by atoms with Crippen molar-refractivity contribution in [2.75, 3.05) is 18.0 Å². The fraction of sp³-hybridized carbons (Fsp3) is 0.583. The van der Waals surface area contributed by atoms with Crippen LogP contribution in [0.5, 0.6) is 0 Å². The average Bonchev–Trinajstić information content (AvgIpc) is 2.73. The fourth-order valence-corrected chi connectivity index (χ4v) is 2.36. The number of anilines is 1. The van der Waals surface area contributed by atoms with Crippen molar-refractivity contribution in [1.82, 2.24) is 15.1 Å². The monoisotopic (exact) mass is 232 g/mol. The summed E-state index contributed by atoms with van der Waals surface area (Å²) >= 11 is 0. The summed E-state index contributed by atoms with van der Waals surface area (Å²) < 4.78 is 5.17. The lowest BCUT2D eigenvalue weighted by Gasteiger charge is -2.31. The van der Waals surface area contributed by atoms with Gasteiger partial charge in [0.2, 0.25) is 0 Å². The maximum Gasteiger partial charge on any atom is 0.263 e. The Hall–Kier alpha value is -1.65. The molecule has 5 nitrogen and oxygen atoms in total. The number of aryl methyl sites for hydroxylation is 1. The van der Waals surface area contributed by atoms with Crippen LogP contribution in [0.25, 0.3) is 11.1 Å². The summed E-state index contributed by atoms with van der Waals surface area (Å²) in [6.45, 7) is 6.35. The molecule has 0 N–H and O–H groups in total. The highest BCUT2D eigenvalue weighted by Gasteiger charge is 2.21. The van der Waals surface area contributed by atoms with E-state index in [1.165, 1.54) is 12.8 Å². The molecule has 2 aromatic heterocycles. The number of aromatic nitrogens is 3. The van der Waals surface area contributed by atoms with Gasteiger partial charge in [-0.25, -0.2) is 4.98 Å². The van der Waals surface area contributed by atoms with Crippen LogP contribution < -0.4 is 4.90 Å². The maximum absolute atomic E-state index is 5.17. The van der Waals surface area contributed by atoms with Crippen LogP contribution in [0.1, 0.15) is 25.5 Å². The molecule has 0 aromatic carbocycles. The predicted octanol–water partition coefficient (Wildman–Crippen LogP) is 2.16. The smallest absolute Gasteiger partial charge is 0.263 e. The molecule has 0 radical (unpaired) electrons. The van der Waals surface area contributed by atoms with Gasteiger partial charge in [0.05, 0.1) is 5.69 Å². The third kappa shape index (κ3) is 1.75. The number of fused-ring (bicyclic) bond motifs is 1. The molecule has 1 aliphatic rings. The molecule has 1 fully saturated rings. The van der Waals surface area contributed by atoms with Gasteiger partial charge in [-0.1, -0.05) is 12.1 Å². The predicted molar refractivity (Wildman–Crippen MR) is 64.9 cm³/mol. The Morgan fingerprint density at radius 2 is 2.06 bits per heavy atom. The van der Waals surface area contributed by atoms with E-state index < -0.39 is 0 Å². The second kappa shape index (κ2) is 3.98. The molecule has 3 heterocycles. The van der Waals surface area contributed by atoms with E-state index in [-0.39, 0.29) is 0 Å². The van der Waals surface area contributed by atoms with Crippen LogP contribution in [0.2, 0.25) is 0 Å². The highest BCUT2D eigenvalue weighted by Crippen LogP contribution is 2.28. The summed E-state index contributed by atoms with van der Waals surface area (Å²) in [6.07, 6.45) is 3.99. The molecule has 90 valence electrons. The molecule has 0 spiro atoms. The van der Waals surface area contributed by atoms with Gasteiger partial charge in [-0.15, -0.1) is 0 Å². The number of rotatable bonds is 1. The van der Waals surface area contributed by atoms with Crippen molar-refractivity contribution in [2.24, 2.45) is 5.92 Å². The molecule has 0 amide bonds. The van der Waals surface area contributed by atoms with Crippen molar-refractivity contribution < 1.29 is 4.52 Å². The van der Waals surface area contributed by atoms with Crippen LogP contribution in [0.3, 0.4) is 0 Å². The normalized spacial score (nSPS) is 17.9. The second-order valence-corrected chi connectivity index (χ2v) is 4.81. The third-order valence-corrected chi connectivity index (χ3v) is 3.51. The van der Waals surface area contributed by atoms with Gasteiger partial charge in [-0.2, -0.15) is 4.98 Å². The van der Waals surface area contributed by atoms with Gasteiger partial charge >= 0.3 is 0 Å². The van der Waals surface area contributed by atoms with E-state index in [1.807, 2.05) is 6.92 Å². The summed E-state index contributed by atoms with van der Waals surface area (Å²) in [5.74, 6) is 1.78. The molecule has 0 bridgehead atoms. The quantitative estimate of drug-likeness (QED) is 0.754. The Kier molecular flexibility index (Phi) is 2.46. The lowest BCUT2D eigenvalue weighted by atomic mass is 9.99. The van der Waals surface area contributed by atoms with Gasteiger partial charge in [0.1, 0.15) is 17.5 Å². The van der Waals surface area contributed by atoms with E-state index in [4.69, 9.17) is 4.52 Å². The molecule has 0 aliphatic carbocycles. The zero-order valence-corrected chi connectivity index (χ0v) is 10.2. The SMILES string of the molecule is Cc1noc2ncnc(N3CCC(C)CC3)c12. The van der Waals surface area contributed by atoms with Gasteiger partial charge in [-0.05, 0) is 25.7 Å². The highest BCUT2D eigenvalue weighted by molar-refractivity contribution is 5.87. The van der Waals surface area contributed by atoms with Crippen LogP contribution in [0, 0.1) is 12.8 Å². The van der Waals surface area contributed by atoms with E-state index in [2.05, 4.69) is 26.9 Å². The summed E-state index contributed by atoms with van der Waals surface area (Å²) in [6, 6.07) is 0. The molecule has 1 saturated heterocycles. The van der Waals surface area contributed by atoms with Crippen molar-refractivity contribution >= 4 is 16.9 Å². The van der Waals surface area contributed by atoms with Crippen molar-refractivity contribution in [3.8, 4) is 0 Å². The number of piperidine rings is 1. The minimum Gasteiger partial charge on any atom is -0.356 e. The zero-order chi connectivity index (χ0) is 11.8. The minimum atomic E-state index is 0.589. The first kappa shape index (κ1) is 10.5. The number of hydrogen-bond acceptors (Lipinski definition) is 5. The van der Waals surface area contributed by atoms with Crippen LogP contribution in [-0.4, -0.2) is 28.2 Å². The molecule has 17 heavy (non-hydrogen) atoms. The van der Waals surface area contributed by atoms with Crippen LogP contribution in [0.4, 0.5) is 5.82 Å². The Morgan fingerprint density at radius 1 is 1.29 bits per heavy atom. The van der Waals surface area contributed by atoms with E-state index in [9.17, 15) is 0 Å². The van der Waals surface area contributed by atoms with Crippen molar-refractivity contribution in [3.05, 3.63) is 12.0 Å². The summed E-state index contributed by atoms with van der Waals surface area (Å²) in [7, 11) is 0. The molecule has 3 rings (SSSR count). The zero-order valence-electron chi connectivity index (χ0n) is 10.2. The number of hydrogen-bond donors (Lipinski definition) is 0. The molecular weight excluding hydrogens is 216 g/mol. The summed E-state index contributed by atoms with van der Waals surface area (Å²) in [4.78, 5) is 10.8. The average molecular weight is 232 g/mol. The summed E-state index contributed by atoms with van der Waals surface area (Å²) in [5.41, 5.74) is 1.46. The number of nitrogens with zero attached hydrogens (tertiary/aromatic N) is 4.